The topological polar surface area (TPSA) is 59.2 Å². The summed E-state index contributed by atoms with van der Waals surface area (Å²) in [5, 5.41) is 1.49. The van der Waals surface area contributed by atoms with Gasteiger partial charge in [0.15, 0.2) is 5.82 Å². The highest BCUT2D eigenvalue weighted by Gasteiger charge is 2.12. The average Bonchev–Trinajstić information content (AvgIpc) is 2.03. The molecule has 1 aromatic rings. The number of carbonyl (C=O) groups excluding carboxylic acids is 1. The van der Waals surface area contributed by atoms with Gasteiger partial charge in [0.1, 0.15) is 0 Å². The number of halogens is 2. The molecule has 0 aliphatic heterocycles. The Labute approximate surface area is 85.2 Å². The second kappa shape index (κ2) is 3.91. The first-order valence-electron chi connectivity index (χ1n) is 3.39. The third-order valence-corrected chi connectivity index (χ3v) is 1.84. The lowest BCUT2D eigenvalue weighted by molar-refractivity contribution is -0.116. The Morgan fingerprint density at radius 3 is 2.69 bits per heavy atom. The van der Waals surface area contributed by atoms with Crippen LogP contribution in [0, 0.1) is 0 Å². The molecule has 0 saturated carbocycles. The fraction of sp³-hybridized carbons (Fsp3) is 0.143. The molecule has 13 heavy (non-hydrogen) atoms. The fourth-order valence-corrected chi connectivity index (χ4v) is 1.20. The van der Waals surface area contributed by atoms with Crippen molar-refractivity contribution in [3.63, 3.8) is 0 Å². The first-order chi connectivity index (χ1) is 6.02. The number of hydrogen-bond acceptors (Lipinski definition) is 3. The molecule has 2 N–H and O–H groups in total. The first kappa shape index (κ1) is 10.2. The number of aromatic nitrogens is 1. The lowest BCUT2D eigenvalue weighted by Gasteiger charge is -2.13. The van der Waals surface area contributed by atoms with E-state index in [9.17, 15) is 4.79 Å². The smallest absolute Gasteiger partial charge is 0.239 e. The third-order valence-electron chi connectivity index (χ3n) is 1.36. The molecule has 0 spiro atoms. The maximum Gasteiger partial charge on any atom is 0.239 e. The van der Waals surface area contributed by atoms with E-state index in [1.807, 2.05) is 0 Å². The lowest BCUT2D eigenvalue weighted by Crippen LogP contribution is -2.36. The Morgan fingerprint density at radius 1 is 1.62 bits per heavy atom. The molecule has 0 aliphatic rings. The highest BCUT2D eigenvalue weighted by molar-refractivity contribution is 6.36. The van der Waals surface area contributed by atoms with E-state index in [0.717, 1.165) is 5.01 Å². The van der Waals surface area contributed by atoms with E-state index in [1.165, 1.54) is 19.2 Å². The van der Waals surface area contributed by atoms with Crippen LogP contribution in [0.1, 0.15) is 6.92 Å². The standard InChI is InChI=1S/C7H7Cl2N3O/c1-4(13)12(10)7-6(9)2-5(8)3-11-7/h2-3H,10H2,1H3. The molecule has 0 saturated heterocycles. The van der Waals surface area contributed by atoms with Gasteiger partial charge in [-0.3, -0.25) is 4.79 Å². The maximum atomic E-state index is 10.9. The van der Waals surface area contributed by atoms with Crippen molar-refractivity contribution >= 4 is 34.9 Å². The van der Waals surface area contributed by atoms with Crippen molar-refractivity contribution in [3.05, 3.63) is 22.3 Å². The number of anilines is 1. The summed E-state index contributed by atoms with van der Waals surface area (Å²) in [5.74, 6) is 5.23. The van der Waals surface area contributed by atoms with Crippen LogP contribution >= 0.6 is 23.2 Å². The van der Waals surface area contributed by atoms with Gasteiger partial charge in [0, 0.05) is 13.1 Å². The van der Waals surface area contributed by atoms with Gasteiger partial charge >= 0.3 is 0 Å². The second-order valence-electron chi connectivity index (χ2n) is 2.35. The van der Waals surface area contributed by atoms with E-state index in [1.54, 1.807) is 0 Å². The van der Waals surface area contributed by atoms with Gasteiger partial charge in [-0.1, -0.05) is 23.2 Å². The van der Waals surface area contributed by atoms with Crippen molar-refractivity contribution in [1.29, 1.82) is 0 Å². The lowest BCUT2D eigenvalue weighted by atomic mass is 10.4. The number of hydrazine groups is 1. The van der Waals surface area contributed by atoms with Crippen LogP contribution in [-0.2, 0) is 4.79 Å². The first-order valence-corrected chi connectivity index (χ1v) is 4.14. The molecular formula is C7H7Cl2N3O. The summed E-state index contributed by atoms with van der Waals surface area (Å²) in [5.41, 5.74) is 0. The number of amides is 1. The highest BCUT2D eigenvalue weighted by atomic mass is 35.5. The molecule has 1 aromatic heterocycles. The Hall–Kier alpha value is -0.840. The molecule has 4 nitrogen and oxygen atoms in total. The Balaban J connectivity index is 3.08. The average molecular weight is 220 g/mol. The molecular weight excluding hydrogens is 213 g/mol. The summed E-state index contributed by atoms with van der Waals surface area (Å²) in [6, 6.07) is 1.47. The molecule has 0 fully saturated rings. The number of carbonyl (C=O) groups is 1. The molecule has 0 atom stereocenters. The van der Waals surface area contributed by atoms with Crippen LogP contribution in [0.25, 0.3) is 0 Å². The molecule has 70 valence electrons. The van der Waals surface area contributed by atoms with E-state index < -0.39 is 0 Å². The van der Waals surface area contributed by atoms with Gasteiger partial charge in [-0.15, -0.1) is 0 Å². The number of nitrogens with two attached hydrogens (primary N) is 1. The Bertz CT molecular complexity index is 343. The normalized spacial score (nSPS) is 9.85. The van der Waals surface area contributed by atoms with E-state index in [-0.39, 0.29) is 16.7 Å². The van der Waals surface area contributed by atoms with Gasteiger partial charge < -0.3 is 0 Å². The highest BCUT2D eigenvalue weighted by Crippen LogP contribution is 2.24. The van der Waals surface area contributed by atoms with Crippen LogP contribution in [0.2, 0.25) is 10.0 Å². The molecule has 1 heterocycles. The van der Waals surface area contributed by atoms with Crippen LogP contribution < -0.4 is 10.9 Å². The predicted molar refractivity (Wildman–Crippen MR) is 51.6 cm³/mol. The zero-order valence-electron chi connectivity index (χ0n) is 6.79. The Morgan fingerprint density at radius 2 is 2.23 bits per heavy atom. The van der Waals surface area contributed by atoms with Gasteiger partial charge in [0.05, 0.1) is 10.0 Å². The second-order valence-corrected chi connectivity index (χ2v) is 3.19. The van der Waals surface area contributed by atoms with Gasteiger partial charge in [-0.2, -0.15) is 0 Å². The van der Waals surface area contributed by atoms with Crippen molar-refractivity contribution in [2.45, 2.75) is 6.92 Å². The molecule has 0 unspecified atom stereocenters. The van der Waals surface area contributed by atoms with Crippen molar-refractivity contribution in [2.75, 3.05) is 5.01 Å². The Kier molecular flexibility index (Phi) is 3.08. The minimum Gasteiger partial charge on any atom is -0.273 e. The van der Waals surface area contributed by atoms with Crippen LogP contribution in [0.15, 0.2) is 12.3 Å². The van der Waals surface area contributed by atoms with Crippen molar-refractivity contribution in [1.82, 2.24) is 4.98 Å². The summed E-state index contributed by atoms with van der Waals surface area (Å²) in [7, 11) is 0. The molecule has 1 amide bonds. The zero-order chi connectivity index (χ0) is 10.0. The monoisotopic (exact) mass is 219 g/mol. The molecule has 1 rings (SSSR count). The van der Waals surface area contributed by atoms with E-state index in [4.69, 9.17) is 29.0 Å². The largest absolute Gasteiger partial charge is 0.273 e. The van der Waals surface area contributed by atoms with Crippen LogP contribution in [0.5, 0.6) is 0 Å². The molecule has 6 heteroatoms. The van der Waals surface area contributed by atoms with E-state index in [2.05, 4.69) is 4.98 Å². The number of pyridine rings is 1. The summed E-state index contributed by atoms with van der Waals surface area (Å²) in [4.78, 5) is 14.7. The summed E-state index contributed by atoms with van der Waals surface area (Å²) in [6.45, 7) is 1.31. The van der Waals surface area contributed by atoms with Crippen molar-refractivity contribution in [2.24, 2.45) is 5.84 Å². The van der Waals surface area contributed by atoms with Gasteiger partial charge in [-0.25, -0.2) is 15.8 Å². The summed E-state index contributed by atoms with van der Waals surface area (Å²) >= 11 is 11.4. The van der Waals surface area contributed by atoms with Gasteiger partial charge in [0.25, 0.3) is 0 Å². The minimum atomic E-state index is -0.350. The van der Waals surface area contributed by atoms with E-state index in [0.29, 0.717) is 5.02 Å². The molecule has 0 radical (unpaired) electrons. The van der Waals surface area contributed by atoms with Gasteiger partial charge in [-0.05, 0) is 6.07 Å². The number of nitrogens with zero attached hydrogens (tertiary/aromatic N) is 2. The summed E-state index contributed by atoms with van der Waals surface area (Å²) < 4.78 is 0. The van der Waals surface area contributed by atoms with Crippen molar-refractivity contribution < 1.29 is 4.79 Å². The SMILES string of the molecule is CC(=O)N(N)c1ncc(Cl)cc1Cl. The van der Waals surface area contributed by atoms with Crippen LogP contribution in [0.4, 0.5) is 5.82 Å². The van der Waals surface area contributed by atoms with Gasteiger partial charge in [0.2, 0.25) is 5.91 Å². The molecule has 0 aromatic carbocycles. The third kappa shape index (κ3) is 2.30. The number of hydrogen-bond donors (Lipinski definition) is 1. The predicted octanol–water partition coefficient (Wildman–Crippen LogP) is 1.61. The quantitative estimate of drug-likeness (QED) is 0.444. The number of rotatable bonds is 1. The summed E-state index contributed by atoms with van der Waals surface area (Å²) in [6.07, 6.45) is 1.37. The van der Waals surface area contributed by atoms with Crippen molar-refractivity contribution in [3.8, 4) is 0 Å². The van der Waals surface area contributed by atoms with E-state index >= 15 is 0 Å². The van der Waals surface area contributed by atoms with Crippen LogP contribution in [0.3, 0.4) is 0 Å². The fourth-order valence-electron chi connectivity index (χ4n) is 0.734. The zero-order valence-corrected chi connectivity index (χ0v) is 8.30. The minimum absolute atomic E-state index is 0.193. The van der Waals surface area contributed by atoms with Crippen LogP contribution in [-0.4, -0.2) is 10.9 Å². The molecule has 0 bridgehead atoms. The molecule has 0 aliphatic carbocycles. The maximum absolute atomic E-state index is 10.9.